The van der Waals surface area contributed by atoms with Crippen LogP contribution < -0.4 is 5.32 Å². The molecule has 0 bridgehead atoms. The molecule has 0 spiro atoms. The van der Waals surface area contributed by atoms with Gasteiger partial charge in [-0.25, -0.2) is 4.98 Å². The van der Waals surface area contributed by atoms with Gasteiger partial charge in [-0.1, -0.05) is 48.5 Å². The number of likely N-dealkylation sites (N-methyl/N-ethyl adjacent to an activating group) is 1. The van der Waals surface area contributed by atoms with Crippen LogP contribution in [0, 0.1) is 0 Å². The Labute approximate surface area is 175 Å². The second-order valence-electron chi connectivity index (χ2n) is 7.61. The highest BCUT2D eigenvalue weighted by Crippen LogP contribution is 2.23. The Balaban J connectivity index is 1.63. The van der Waals surface area contributed by atoms with Crippen molar-refractivity contribution < 1.29 is 4.79 Å². The number of hydrogen-bond donors (Lipinski definition) is 1. The van der Waals surface area contributed by atoms with Gasteiger partial charge in [-0.2, -0.15) is 5.10 Å². The van der Waals surface area contributed by atoms with Gasteiger partial charge in [0, 0.05) is 30.2 Å². The van der Waals surface area contributed by atoms with Gasteiger partial charge in [-0.3, -0.25) is 9.48 Å². The average Bonchev–Trinajstić information content (AvgIpc) is 3.40. The van der Waals surface area contributed by atoms with E-state index in [1.807, 2.05) is 68.8 Å². The number of nitrogens with zero attached hydrogens (tertiary/aromatic N) is 5. The van der Waals surface area contributed by atoms with E-state index in [0.717, 1.165) is 29.6 Å². The molecule has 0 radical (unpaired) electrons. The lowest BCUT2D eigenvalue weighted by atomic mass is 10.1. The van der Waals surface area contributed by atoms with Crippen molar-refractivity contribution >= 4 is 16.8 Å². The fourth-order valence-electron chi connectivity index (χ4n) is 3.59. The van der Waals surface area contributed by atoms with Crippen LogP contribution in [-0.2, 0) is 13.1 Å². The normalized spacial score (nSPS) is 12.4. The summed E-state index contributed by atoms with van der Waals surface area (Å²) >= 11 is 0. The SMILES string of the molecule is CN(C)CCn1cc(C(=O)NC(Cn2cncn2)c2ccccc2)c2ccccc21. The number of amides is 1. The zero-order valence-electron chi connectivity index (χ0n) is 17.3. The Kier molecular flexibility index (Phi) is 5.90. The van der Waals surface area contributed by atoms with Gasteiger partial charge < -0.3 is 14.8 Å². The maximum absolute atomic E-state index is 13.3. The summed E-state index contributed by atoms with van der Waals surface area (Å²) in [5.41, 5.74) is 2.78. The van der Waals surface area contributed by atoms with Gasteiger partial charge in [0.25, 0.3) is 5.91 Å². The predicted octanol–water partition coefficient (Wildman–Crippen LogP) is 2.97. The number of rotatable bonds is 8. The van der Waals surface area contributed by atoms with E-state index in [2.05, 4.69) is 30.9 Å². The molecule has 2 aromatic heterocycles. The van der Waals surface area contributed by atoms with Crippen molar-refractivity contribution in [3.8, 4) is 0 Å². The molecule has 0 fully saturated rings. The molecule has 2 aromatic carbocycles. The second-order valence-corrected chi connectivity index (χ2v) is 7.61. The topological polar surface area (TPSA) is 68.0 Å². The van der Waals surface area contributed by atoms with E-state index >= 15 is 0 Å². The van der Waals surface area contributed by atoms with E-state index in [1.165, 1.54) is 6.33 Å². The summed E-state index contributed by atoms with van der Waals surface area (Å²) in [5.74, 6) is -0.0937. The van der Waals surface area contributed by atoms with Crippen molar-refractivity contribution in [1.82, 2.24) is 29.5 Å². The molecule has 0 saturated heterocycles. The molecule has 1 unspecified atom stereocenters. The fraction of sp³-hybridized carbons (Fsp3) is 0.261. The lowest BCUT2D eigenvalue weighted by Crippen LogP contribution is -2.31. The Hall–Kier alpha value is -3.45. The fourth-order valence-corrected chi connectivity index (χ4v) is 3.59. The highest BCUT2D eigenvalue weighted by molar-refractivity contribution is 6.07. The highest BCUT2D eigenvalue weighted by Gasteiger charge is 2.20. The minimum absolute atomic E-state index is 0.0937. The first-order chi connectivity index (χ1) is 14.6. The van der Waals surface area contributed by atoms with Gasteiger partial charge in [0.2, 0.25) is 0 Å². The molecule has 1 atom stereocenters. The highest BCUT2D eigenvalue weighted by atomic mass is 16.1. The predicted molar refractivity (Wildman–Crippen MR) is 117 cm³/mol. The van der Waals surface area contributed by atoms with Crippen LogP contribution in [0.1, 0.15) is 22.0 Å². The maximum Gasteiger partial charge on any atom is 0.254 e. The molecule has 7 nitrogen and oxygen atoms in total. The minimum atomic E-state index is -0.218. The number of fused-ring (bicyclic) bond motifs is 1. The molecule has 7 heteroatoms. The van der Waals surface area contributed by atoms with Crippen LogP contribution in [0.4, 0.5) is 0 Å². The quantitative estimate of drug-likeness (QED) is 0.492. The van der Waals surface area contributed by atoms with Crippen LogP contribution in [0.25, 0.3) is 10.9 Å². The molecule has 30 heavy (non-hydrogen) atoms. The van der Waals surface area contributed by atoms with Crippen molar-refractivity contribution in [3.05, 3.63) is 84.6 Å². The second kappa shape index (κ2) is 8.92. The molecule has 1 amide bonds. The van der Waals surface area contributed by atoms with E-state index in [1.54, 1.807) is 11.0 Å². The van der Waals surface area contributed by atoms with E-state index in [-0.39, 0.29) is 11.9 Å². The number of aromatic nitrogens is 4. The molecule has 4 aromatic rings. The molecular formula is C23H26N6O. The third-order valence-electron chi connectivity index (χ3n) is 5.16. The summed E-state index contributed by atoms with van der Waals surface area (Å²) in [6, 6.07) is 17.8. The number of benzene rings is 2. The largest absolute Gasteiger partial charge is 0.345 e. The van der Waals surface area contributed by atoms with Crippen molar-refractivity contribution in [2.45, 2.75) is 19.1 Å². The monoisotopic (exact) mass is 402 g/mol. The standard InChI is InChI=1S/C23H26N6O/c1-27(2)12-13-28-14-20(19-10-6-7-11-22(19)28)23(30)26-21(15-29-17-24-16-25-29)18-8-4-3-5-9-18/h3-11,14,16-17,21H,12-13,15H2,1-2H3,(H,26,30). The maximum atomic E-state index is 13.3. The molecule has 0 aliphatic heterocycles. The van der Waals surface area contributed by atoms with Crippen LogP contribution in [0.2, 0.25) is 0 Å². The lowest BCUT2D eigenvalue weighted by Gasteiger charge is -2.19. The van der Waals surface area contributed by atoms with Crippen molar-refractivity contribution in [2.24, 2.45) is 0 Å². The molecule has 1 N–H and O–H groups in total. The van der Waals surface area contributed by atoms with Gasteiger partial charge in [0.15, 0.2) is 0 Å². The number of hydrogen-bond acceptors (Lipinski definition) is 4. The van der Waals surface area contributed by atoms with E-state index in [9.17, 15) is 4.79 Å². The Morgan fingerprint density at radius 2 is 1.87 bits per heavy atom. The zero-order valence-corrected chi connectivity index (χ0v) is 17.3. The Morgan fingerprint density at radius 1 is 1.10 bits per heavy atom. The summed E-state index contributed by atoms with van der Waals surface area (Å²) in [6.07, 6.45) is 5.12. The molecule has 154 valence electrons. The van der Waals surface area contributed by atoms with Gasteiger partial charge in [-0.05, 0) is 25.7 Å². The van der Waals surface area contributed by atoms with Crippen LogP contribution in [-0.4, -0.2) is 50.8 Å². The van der Waals surface area contributed by atoms with Gasteiger partial charge in [0.05, 0.1) is 18.2 Å². The molecule has 0 aliphatic rings. The Morgan fingerprint density at radius 3 is 2.60 bits per heavy atom. The molecular weight excluding hydrogens is 376 g/mol. The van der Waals surface area contributed by atoms with Crippen LogP contribution in [0.3, 0.4) is 0 Å². The van der Waals surface area contributed by atoms with Crippen molar-refractivity contribution in [3.63, 3.8) is 0 Å². The van der Waals surface area contributed by atoms with Crippen LogP contribution in [0.15, 0.2) is 73.4 Å². The van der Waals surface area contributed by atoms with Gasteiger partial charge >= 0.3 is 0 Å². The molecule has 2 heterocycles. The summed E-state index contributed by atoms with van der Waals surface area (Å²) in [6.45, 7) is 2.23. The average molecular weight is 403 g/mol. The number of carbonyl (C=O) groups excluding carboxylic acids is 1. The van der Waals surface area contributed by atoms with Crippen LogP contribution in [0.5, 0.6) is 0 Å². The minimum Gasteiger partial charge on any atom is -0.345 e. The van der Waals surface area contributed by atoms with Crippen molar-refractivity contribution in [1.29, 1.82) is 0 Å². The molecule has 4 rings (SSSR count). The zero-order chi connectivity index (χ0) is 20.9. The smallest absolute Gasteiger partial charge is 0.254 e. The molecule has 0 aliphatic carbocycles. The number of para-hydroxylation sites is 1. The lowest BCUT2D eigenvalue weighted by molar-refractivity contribution is 0.0933. The van der Waals surface area contributed by atoms with Crippen molar-refractivity contribution in [2.75, 3.05) is 20.6 Å². The third-order valence-corrected chi connectivity index (χ3v) is 5.16. The van der Waals surface area contributed by atoms with E-state index in [4.69, 9.17) is 0 Å². The van der Waals surface area contributed by atoms with Gasteiger partial charge in [0.1, 0.15) is 12.7 Å². The summed E-state index contributed by atoms with van der Waals surface area (Å²) in [4.78, 5) is 19.5. The first kappa shape index (κ1) is 19.8. The Bertz CT molecular complexity index is 1100. The van der Waals surface area contributed by atoms with Gasteiger partial charge in [-0.15, -0.1) is 0 Å². The van der Waals surface area contributed by atoms with E-state index < -0.39 is 0 Å². The number of carbonyl (C=O) groups is 1. The first-order valence-corrected chi connectivity index (χ1v) is 10.0. The van der Waals surface area contributed by atoms with E-state index in [0.29, 0.717) is 12.1 Å². The third kappa shape index (κ3) is 4.41. The summed E-state index contributed by atoms with van der Waals surface area (Å²) in [5, 5.41) is 8.37. The summed E-state index contributed by atoms with van der Waals surface area (Å²) < 4.78 is 3.89. The summed E-state index contributed by atoms with van der Waals surface area (Å²) in [7, 11) is 4.10. The molecule has 0 saturated carbocycles. The number of nitrogens with one attached hydrogen (secondary N) is 1. The van der Waals surface area contributed by atoms with Crippen LogP contribution >= 0.6 is 0 Å². The first-order valence-electron chi connectivity index (χ1n) is 10.0.